The van der Waals surface area contributed by atoms with E-state index in [2.05, 4.69) is 45.4 Å². The SMILES string of the molecule is CC/C=C/CN(C(=O)[C@@H](NC(=O)[C@H]1CCCC[P+]1(C)SC(C)(C)C)C(C)CC)N(C)/C(=C\S)C(=O)NO. The van der Waals surface area contributed by atoms with Crippen LogP contribution < -0.4 is 10.8 Å². The number of rotatable bonds is 12. The van der Waals surface area contributed by atoms with Gasteiger partial charge in [-0.2, -0.15) is 0 Å². The van der Waals surface area contributed by atoms with Crippen molar-refractivity contribution >= 4 is 48.2 Å². The van der Waals surface area contributed by atoms with Gasteiger partial charge in [0.05, 0.1) is 25.8 Å². The summed E-state index contributed by atoms with van der Waals surface area (Å²) in [5.41, 5.74) is 1.50. The molecule has 1 aliphatic heterocycles. The zero-order chi connectivity index (χ0) is 28.4. The quantitative estimate of drug-likeness (QED) is 0.0647. The van der Waals surface area contributed by atoms with Gasteiger partial charge in [-0.1, -0.05) is 39.3 Å². The molecule has 3 amide bonds. The van der Waals surface area contributed by atoms with Crippen LogP contribution >= 0.6 is 30.5 Å². The highest BCUT2D eigenvalue weighted by atomic mass is 32.7. The van der Waals surface area contributed by atoms with Gasteiger partial charge in [0.2, 0.25) is 0 Å². The number of carbonyl (C=O) groups is 3. The topological polar surface area (TPSA) is 102 Å². The Kier molecular flexibility index (Phi) is 14.1. The summed E-state index contributed by atoms with van der Waals surface area (Å²) in [4.78, 5) is 40.1. The summed E-state index contributed by atoms with van der Waals surface area (Å²) in [5.74, 6) is -1.28. The number of hydroxylamine groups is 1. The van der Waals surface area contributed by atoms with Gasteiger partial charge in [0, 0.05) is 23.2 Å². The van der Waals surface area contributed by atoms with Crippen LogP contribution in [0.25, 0.3) is 0 Å². The lowest BCUT2D eigenvalue weighted by Gasteiger charge is -2.39. The van der Waals surface area contributed by atoms with Crippen LogP contribution in [0.2, 0.25) is 0 Å². The maximum atomic E-state index is 14.0. The molecule has 0 aromatic rings. The first kappa shape index (κ1) is 33.8. The van der Waals surface area contributed by atoms with Crippen molar-refractivity contribution in [2.75, 3.05) is 26.4 Å². The molecule has 0 aromatic heterocycles. The number of nitrogens with zero attached hydrogens (tertiary/aromatic N) is 2. The Balaban J connectivity index is 3.35. The second-order valence-electron chi connectivity index (χ2n) is 10.8. The monoisotopic (exact) mass is 575 g/mol. The molecule has 0 aromatic carbocycles. The number of likely N-dealkylation sites (N-methyl/N-ethyl adjacent to an activating group) is 1. The van der Waals surface area contributed by atoms with Gasteiger partial charge in [-0.3, -0.25) is 24.6 Å². The Hall–Kier alpha value is -1.22. The first-order valence-electron chi connectivity index (χ1n) is 13.1. The van der Waals surface area contributed by atoms with Crippen molar-refractivity contribution in [1.29, 1.82) is 0 Å². The van der Waals surface area contributed by atoms with Crippen molar-refractivity contribution in [3.63, 3.8) is 0 Å². The summed E-state index contributed by atoms with van der Waals surface area (Å²) in [6.45, 7) is 13.4. The fourth-order valence-electron chi connectivity index (χ4n) is 4.58. The minimum atomic E-state index is -1.62. The van der Waals surface area contributed by atoms with Crippen LogP contribution in [0.5, 0.6) is 0 Å². The Bertz CT molecular complexity index is 849. The zero-order valence-electron chi connectivity index (χ0n) is 23.8. The predicted octanol–water partition coefficient (Wildman–Crippen LogP) is 5.08. The van der Waals surface area contributed by atoms with Crippen LogP contribution in [0.3, 0.4) is 0 Å². The molecule has 0 saturated carbocycles. The normalized spacial score (nSPS) is 22.3. The molecule has 1 heterocycles. The van der Waals surface area contributed by atoms with Gasteiger partial charge in [-0.05, 0) is 57.8 Å². The van der Waals surface area contributed by atoms with Gasteiger partial charge in [0.25, 0.3) is 17.7 Å². The van der Waals surface area contributed by atoms with E-state index in [0.29, 0.717) is 6.42 Å². The van der Waals surface area contributed by atoms with Crippen molar-refractivity contribution in [1.82, 2.24) is 20.8 Å². The minimum absolute atomic E-state index is 0.00864. The number of hydrogen-bond acceptors (Lipinski definition) is 7. The third-order valence-corrected chi connectivity index (χ3v) is 15.1. The van der Waals surface area contributed by atoms with E-state index in [9.17, 15) is 19.6 Å². The van der Waals surface area contributed by atoms with Gasteiger partial charge in [-0.25, -0.2) is 10.5 Å². The smallest absolute Gasteiger partial charge is 0.293 e. The van der Waals surface area contributed by atoms with Crippen molar-refractivity contribution in [2.45, 2.75) is 90.1 Å². The standard InChI is InChI=1S/C26H47N4O4PS2/c1-9-11-13-16-30(29(7)20(18-36)23(31)28-34)25(33)22(19(3)10-2)27-24(32)21-15-12-14-17-35(21,8)37-26(4,5)6/h11,13,18-19,21-22H,9-10,12,14-17H2,1-8H3,(H3-,27,28,31,32,34,36)/p+1/b13-11+/t19?,21-,22+,35?/m1/s1. The minimum Gasteiger partial charge on any atom is -0.341 e. The summed E-state index contributed by atoms with van der Waals surface area (Å²) in [5, 5.41) is 16.3. The van der Waals surface area contributed by atoms with E-state index >= 15 is 0 Å². The van der Waals surface area contributed by atoms with E-state index in [1.807, 2.05) is 44.3 Å². The average Bonchev–Trinajstić information content (AvgIpc) is 2.83. The lowest BCUT2D eigenvalue weighted by Crippen LogP contribution is -2.58. The van der Waals surface area contributed by atoms with Gasteiger partial charge < -0.3 is 5.32 Å². The first-order chi connectivity index (χ1) is 17.3. The number of allylic oxidation sites excluding steroid dienone is 1. The largest absolute Gasteiger partial charge is 0.341 e. The Morgan fingerprint density at radius 1 is 1.22 bits per heavy atom. The highest BCUT2D eigenvalue weighted by Gasteiger charge is 2.52. The van der Waals surface area contributed by atoms with E-state index in [1.165, 1.54) is 15.4 Å². The number of carbonyl (C=O) groups excluding carboxylic acids is 3. The molecule has 0 aliphatic carbocycles. The summed E-state index contributed by atoms with van der Waals surface area (Å²) >= 11 is 6.07. The maximum absolute atomic E-state index is 14.0. The van der Waals surface area contributed by atoms with Crippen molar-refractivity contribution in [3.05, 3.63) is 23.3 Å². The van der Waals surface area contributed by atoms with E-state index in [4.69, 9.17) is 0 Å². The van der Waals surface area contributed by atoms with Crippen molar-refractivity contribution in [3.8, 4) is 0 Å². The Morgan fingerprint density at radius 2 is 1.86 bits per heavy atom. The third kappa shape index (κ3) is 9.79. The molecule has 1 rings (SSSR count). The van der Waals surface area contributed by atoms with E-state index in [1.54, 1.807) is 12.5 Å². The predicted molar refractivity (Wildman–Crippen MR) is 160 cm³/mol. The molecule has 1 saturated heterocycles. The first-order valence-corrected chi connectivity index (χ1v) is 17.5. The molecule has 37 heavy (non-hydrogen) atoms. The molecule has 11 heteroatoms. The number of nitrogens with one attached hydrogen (secondary N) is 2. The van der Waals surface area contributed by atoms with Crippen molar-refractivity contribution in [2.24, 2.45) is 5.92 Å². The maximum Gasteiger partial charge on any atom is 0.293 e. The lowest BCUT2D eigenvalue weighted by atomic mass is 9.97. The van der Waals surface area contributed by atoms with Gasteiger partial charge >= 0.3 is 0 Å². The summed E-state index contributed by atoms with van der Waals surface area (Å²) in [6, 6.07) is -0.761. The van der Waals surface area contributed by atoms with Crippen LogP contribution in [0, 0.1) is 5.92 Å². The van der Waals surface area contributed by atoms with Gasteiger partial charge in [0.15, 0.2) is 5.66 Å². The number of thiol groups is 1. The molecule has 1 fully saturated rings. The molecule has 8 nitrogen and oxygen atoms in total. The van der Waals surface area contributed by atoms with E-state index in [-0.39, 0.29) is 40.4 Å². The highest BCUT2D eigenvalue weighted by Crippen LogP contribution is 2.76. The second kappa shape index (κ2) is 15.4. The highest BCUT2D eigenvalue weighted by molar-refractivity contribution is 8.63. The average molecular weight is 576 g/mol. The molecule has 212 valence electrons. The fraction of sp³-hybridized carbons (Fsp3) is 0.731. The lowest BCUT2D eigenvalue weighted by molar-refractivity contribution is -0.150. The number of amides is 3. The Labute approximate surface area is 233 Å². The number of hydrogen-bond donors (Lipinski definition) is 4. The van der Waals surface area contributed by atoms with Crippen LogP contribution in [-0.4, -0.2) is 75.8 Å². The van der Waals surface area contributed by atoms with Crippen LogP contribution in [0.4, 0.5) is 0 Å². The second-order valence-corrected chi connectivity index (χ2v) is 18.9. The van der Waals surface area contributed by atoms with Crippen LogP contribution in [-0.2, 0) is 14.4 Å². The van der Waals surface area contributed by atoms with Crippen LogP contribution in [0.15, 0.2) is 23.3 Å². The molecular formula is C26H48N4O4PS2+. The molecule has 0 bridgehead atoms. The fourth-order valence-corrected chi connectivity index (χ4v) is 14.2. The van der Waals surface area contributed by atoms with Crippen LogP contribution in [0.1, 0.15) is 73.6 Å². The Morgan fingerprint density at radius 3 is 2.38 bits per heavy atom. The number of hydrazine groups is 1. The zero-order valence-corrected chi connectivity index (χ0v) is 26.4. The van der Waals surface area contributed by atoms with Gasteiger partial charge in [0.1, 0.15) is 11.7 Å². The molecule has 0 spiro atoms. The molecular weight excluding hydrogens is 527 g/mol. The molecule has 0 radical (unpaired) electrons. The molecule has 1 aliphatic rings. The van der Waals surface area contributed by atoms with Crippen molar-refractivity contribution < 1.29 is 19.6 Å². The molecule has 3 N–H and O–H groups in total. The third-order valence-electron chi connectivity index (χ3n) is 6.65. The summed E-state index contributed by atoms with van der Waals surface area (Å²) in [6.07, 6.45) is 9.33. The van der Waals surface area contributed by atoms with E-state index in [0.717, 1.165) is 31.8 Å². The molecule has 4 atom stereocenters. The van der Waals surface area contributed by atoms with E-state index < -0.39 is 18.4 Å². The summed E-state index contributed by atoms with van der Waals surface area (Å²) < 4.78 is 0.0539. The molecule has 2 unspecified atom stereocenters. The summed E-state index contributed by atoms with van der Waals surface area (Å²) in [7, 11) is 1.56. The van der Waals surface area contributed by atoms with Gasteiger partial charge in [-0.15, -0.1) is 12.6 Å².